The second-order valence-corrected chi connectivity index (χ2v) is 3.80. The third-order valence-electron chi connectivity index (χ3n) is 2.61. The van der Waals surface area contributed by atoms with E-state index in [0.29, 0.717) is 0 Å². The Morgan fingerprint density at radius 1 is 1.27 bits per heavy atom. The lowest BCUT2D eigenvalue weighted by atomic mass is 9.98. The largest absolute Gasteiger partial charge is 0.355 e. The maximum atomic E-state index is 11.7. The van der Waals surface area contributed by atoms with Gasteiger partial charge in [-0.25, -0.2) is 0 Å². The van der Waals surface area contributed by atoms with Gasteiger partial charge >= 0.3 is 0 Å². The Morgan fingerprint density at radius 2 is 2.07 bits per heavy atom. The molecule has 1 N–H and O–H groups in total. The maximum absolute atomic E-state index is 11.7. The Morgan fingerprint density at radius 3 is 2.87 bits per heavy atom. The van der Waals surface area contributed by atoms with E-state index in [0.717, 1.165) is 19.4 Å². The first-order chi connectivity index (χ1) is 7.36. The fourth-order valence-corrected chi connectivity index (χ4v) is 1.79. The van der Waals surface area contributed by atoms with Crippen LogP contribution in [0.4, 0.5) is 0 Å². The lowest BCUT2D eigenvalue weighted by Gasteiger charge is -2.10. The minimum absolute atomic E-state index is 0.00472. The minimum Gasteiger partial charge on any atom is -0.355 e. The monoisotopic (exact) mass is 201 g/mol. The molecule has 1 unspecified atom stereocenters. The molecule has 0 fully saturated rings. The molecule has 1 aromatic rings. The first kappa shape index (κ1) is 9.97. The van der Waals surface area contributed by atoms with Gasteiger partial charge in [-0.05, 0) is 18.4 Å². The zero-order chi connectivity index (χ0) is 10.5. The van der Waals surface area contributed by atoms with E-state index in [1.54, 1.807) is 0 Å². The van der Waals surface area contributed by atoms with Crippen LogP contribution in [0.3, 0.4) is 0 Å². The number of hydrogen-bond acceptors (Lipinski definition) is 1. The number of benzene rings is 1. The molecule has 2 nitrogen and oxygen atoms in total. The van der Waals surface area contributed by atoms with Crippen LogP contribution in [0.5, 0.6) is 0 Å². The van der Waals surface area contributed by atoms with Crippen molar-refractivity contribution >= 4 is 5.91 Å². The molecule has 1 aliphatic rings. The van der Waals surface area contributed by atoms with Crippen LogP contribution >= 0.6 is 0 Å². The number of nitrogens with one attached hydrogen (secondary N) is 1. The van der Waals surface area contributed by atoms with Gasteiger partial charge in [-0.1, -0.05) is 42.5 Å². The average Bonchev–Trinajstić information content (AvgIpc) is 2.46. The summed E-state index contributed by atoms with van der Waals surface area (Å²) in [6.07, 6.45) is 5.85. The highest BCUT2D eigenvalue weighted by molar-refractivity contribution is 5.81. The Labute approximate surface area is 90.0 Å². The molecule has 1 atom stereocenters. The summed E-state index contributed by atoms with van der Waals surface area (Å²) < 4.78 is 0. The number of hydrogen-bond donors (Lipinski definition) is 1. The highest BCUT2D eigenvalue weighted by atomic mass is 16.1. The molecule has 0 aliphatic carbocycles. The standard InChI is InChI=1S/C13H15NO/c15-13-12(8-4-5-9-14-13)10-11-6-2-1-3-7-11/h1-4,6-8,12H,5,9-10H2,(H,14,15). The molecule has 2 heteroatoms. The van der Waals surface area contributed by atoms with Gasteiger partial charge in [-0.15, -0.1) is 0 Å². The highest BCUT2D eigenvalue weighted by Crippen LogP contribution is 2.12. The van der Waals surface area contributed by atoms with Gasteiger partial charge in [0.25, 0.3) is 0 Å². The summed E-state index contributed by atoms with van der Waals surface area (Å²) >= 11 is 0. The van der Waals surface area contributed by atoms with E-state index in [-0.39, 0.29) is 11.8 Å². The molecule has 1 amide bonds. The molecule has 0 radical (unpaired) electrons. The lowest BCUT2D eigenvalue weighted by Crippen LogP contribution is -2.29. The first-order valence-corrected chi connectivity index (χ1v) is 5.34. The van der Waals surface area contributed by atoms with Gasteiger partial charge in [0.2, 0.25) is 5.91 Å². The van der Waals surface area contributed by atoms with Crippen molar-refractivity contribution in [1.82, 2.24) is 5.32 Å². The van der Waals surface area contributed by atoms with Crippen LogP contribution in [0.25, 0.3) is 0 Å². The van der Waals surface area contributed by atoms with Crippen LogP contribution in [0.1, 0.15) is 12.0 Å². The number of rotatable bonds is 2. The predicted octanol–water partition coefficient (Wildman–Crippen LogP) is 1.92. The minimum atomic E-state index is -0.00472. The van der Waals surface area contributed by atoms with Crippen molar-refractivity contribution in [3.05, 3.63) is 48.0 Å². The molecular weight excluding hydrogens is 186 g/mol. The third kappa shape index (κ3) is 2.69. The van der Waals surface area contributed by atoms with Crippen LogP contribution < -0.4 is 5.32 Å². The van der Waals surface area contributed by atoms with Crippen molar-refractivity contribution in [3.63, 3.8) is 0 Å². The second-order valence-electron chi connectivity index (χ2n) is 3.80. The number of amides is 1. The average molecular weight is 201 g/mol. The summed E-state index contributed by atoms with van der Waals surface area (Å²) in [5, 5.41) is 2.91. The normalized spacial score (nSPS) is 20.8. The van der Waals surface area contributed by atoms with E-state index in [1.165, 1.54) is 5.56 Å². The molecule has 15 heavy (non-hydrogen) atoms. The zero-order valence-corrected chi connectivity index (χ0v) is 8.65. The fourth-order valence-electron chi connectivity index (χ4n) is 1.79. The Balaban J connectivity index is 2.07. The summed E-state index contributed by atoms with van der Waals surface area (Å²) in [6.45, 7) is 0.765. The van der Waals surface area contributed by atoms with E-state index in [4.69, 9.17) is 0 Å². The van der Waals surface area contributed by atoms with E-state index in [2.05, 4.69) is 23.5 Å². The summed E-state index contributed by atoms with van der Waals surface area (Å²) in [6, 6.07) is 10.1. The molecule has 0 saturated carbocycles. The Hall–Kier alpha value is -1.57. The number of carbonyl (C=O) groups is 1. The van der Waals surface area contributed by atoms with E-state index >= 15 is 0 Å². The van der Waals surface area contributed by atoms with Gasteiger partial charge in [-0.3, -0.25) is 4.79 Å². The van der Waals surface area contributed by atoms with Crippen molar-refractivity contribution < 1.29 is 4.79 Å². The summed E-state index contributed by atoms with van der Waals surface area (Å²) in [5.41, 5.74) is 1.21. The quantitative estimate of drug-likeness (QED) is 0.728. The van der Waals surface area contributed by atoms with Crippen molar-refractivity contribution in [2.24, 2.45) is 5.92 Å². The van der Waals surface area contributed by atoms with Crippen molar-refractivity contribution in [2.75, 3.05) is 6.54 Å². The Kier molecular flexibility index (Phi) is 3.18. The molecule has 78 valence electrons. The van der Waals surface area contributed by atoms with Gasteiger partial charge in [0.05, 0.1) is 5.92 Å². The highest BCUT2D eigenvalue weighted by Gasteiger charge is 2.16. The van der Waals surface area contributed by atoms with Gasteiger partial charge in [0.1, 0.15) is 0 Å². The van der Waals surface area contributed by atoms with Gasteiger partial charge < -0.3 is 5.32 Å². The maximum Gasteiger partial charge on any atom is 0.227 e. The summed E-state index contributed by atoms with van der Waals surface area (Å²) in [4.78, 5) is 11.7. The molecule has 1 heterocycles. The van der Waals surface area contributed by atoms with E-state index in [1.807, 2.05) is 24.3 Å². The van der Waals surface area contributed by atoms with Crippen molar-refractivity contribution in [2.45, 2.75) is 12.8 Å². The van der Waals surface area contributed by atoms with Crippen LogP contribution in [0.15, 0.2) is 42.5 Å². The van der Waals surface area contributed by atoms with E-state index < -0.39 is 0 Å². The first-order valence-electron chi connectivity index (χ1n) is 5.34. The Bertz CT molecular complexity index is 356. The molecule has 0 spiro atoms. The van der Waals surface area contributed by atoms with Crippen molar-refractivity contribution in [1.29, 1.82) is 0 Å². The molecule has 1 aliphatic heterocycles. The third-order valence-corrected chi connectivity index (χ3v) is 2.61. The second kappa shape index (κ2) is 4.78. The van der Waals surface area contributed by atoms with E-state index in [9.17, 15) is 4.79 Å². The zero-order valence-electron chi connectivity index (χ0n) is 8.65. The van der Waals surface area contributed by atoms with Crippen molar-refractivity contribution in [3.8, 4) is 0 Å². The smallest absolute Gasteiger partial charge is 0.227 e. The SMILES string of the molecule is O=C1NCCC=CC1Cc1ccccc1. The van der Waals surface area contributed by atoms with Crippen LogP contribution in [0, 0.1) is 5.92 Å². The number of carbonyl (C=O) groups excluding carboxylic acids is 1. The van der Waals surface area contributed by atoms with Gasteiger partial charge in [0, 0.05) is 6.54 Å². The van der Waals surface area contributed by atoms with Gasteiger partial charge in [0.15, 0.2) is 0 Å². The molecule has 0 aromatic heterocycles. The van der Waals surface area contributed by atoms with Crippen LogP contribution in [-0.4, -0.2) is 12.5 Å². The predicted molar refractivity (Wildman–Crippen MR) is 60.4 cm³/mol. The van der Waals surface area contributed by atoms with Crippen LogP contribution in [-0.2, 0) is 11.2 Å². The topological polar surface area (TPSA) is 29.1 Å². The molecule has 2 rings (SSSR count). The van der Waals surface area contributed by atoms with Crippen LogP contribution in [0.2, 0.25) is 0 Å². The summed E-state index contributed by atoms with van der Waals surface area (Å²) in [5.74, 6) is 0.141. The molecular formula is C13H15NO. The molecule has 0 bridgehead atoms. The molecule has 0 saturated heterocycles. The lowest BCUT2D eigenvalue weighted by molar-refractivity contribution is -0.123. The molecule has 1 aromatic carbocycles. The summed E-state index contributed by atoms with van der Waals surface area (Å²) in [7, 11) is 0. The van der Waals surface area contributed by atoms with Gasteiger partial charge in [-0.2, -0.15) is 0 Å². The fraction of sp³-hybridized carbons (Fsp3) is 0.308.